The third kappa shape index (κ3) is 3.02. The minimum atomic E-state index is -2.08. The van der Waals surface area contributed by atoms with Gasteiger partial charge >= 0.3 is 0 Å². The predicted molar refractivity (Wildman–Crippen MR) is 126 cm³/mol. The summed E-state index contributed by atoms with van der Waals surface area (Å²) in [6.45, 7) is 14.7. The second kappa shape index (κ2) is 6.55. The zero-order chi connectivity index (χ0) is 19.1. The standard InChI is InChI=1S/C22H28Si4/c1-23(2)17-19-25(5,21-13-9-7-10-14-21)26(6,20-18-24(23,3)4)22-15-11-8-12-16-22/h7-16H,1-6H3. The first-order valence-corrected chi connectivity index (χ1v) is 22.3. The molecule has 0 fully saturated rings. The van der Waals surface area contributed by atoms with Crippen molar-refractivity contribution >= 4 is 40.7 Å². The third-order valence-electron chi connectivity index (χ3n) is 6.51. The largest absolute Gasteiger partial charge is 0.174 e. The molecule has 0 aromatic heterocycles. The third-order valence-corrected chi connectivity index (χ3v) is 36.5. The van der Waals surface area contributed by atoms with Crippen molar-refractivity contribution in [2.24, 2.45) is 0 Å². The van der Waals surface area contributed by atoms with E-state index in [-0.39, 0.29) is 0 Å². The van der Waals surface area contributed by atoms with Gasteiger partial charge < -0.3 is 0 Å². The van der Waals surface area contributed by atoms with Crippen LogP contribution in [0.15, 0.2) is 60.7 Å². The minimum absolute atomic E-state index is 1.45. The van der Waals surface area contributed by atoms with Crippen LogP contribution in [0.4, 0.5) is 0 Å². The van der Waals surface area contributed by atoms with Gasteiger partial charge in [0.2, 0.25) is 0 Å². The number of benzene rings is 2. The predicted octanol–water partition coefficient (Wildman–Crippen LogP) is 3.71. The lowest BCUT2D eigenvalue weighted by molar-refractivity contribution is 1.72. The van der Waals surface area contributed by atoms with E-state index in [1.165, 1.54) is 10.4 Å². The lowest BCUT2D eigenvalue weighted by atomic mass is 10.4. The van der Waals surface area contributed by atoms with Crippen LogP contribution in [0.25, 0.3) is 0 Å². The molecule has 4 heteroatoms. The molecule has 2 aromatic rings. The molecule has 2 aromatic carbocycles. The highest BCUT2D eigenvalue weighted by atomic mass is 29.3. The normalized spacial score (nSPS) is 28.5. The Hall–Kier alpha value is -1.57. The molecule has 26 heavy (non-hydrogen) atoms. The highest BCUT2D eigenvalue weighted by molar-refractivity contribution is 7.57. The Balaban J connectivity index is 2.35. The van der Waals surface area contributed by atoms with Crippen molar-refractivity contribution in [2.45, 2.75) is 39.3 Å². The smallest absolute Gasteiger partial charge is 0.140 e. The summed E-state index contributed by atoms with van der Waals surface area (Å²) in [5, 5.41) is 2.90. The topological polar surface area (TPSA) is 0 Å². The molecule has 0 saturated heterocycles. The Morgan fingerprint density at radius 2 is 0.769 bits per heavy atom. The number of rotatable bonds is 2. The van der Waals surface area contributed by atoms with Crippen LogP contribution in [0.1, 0.15) is 0 Å². The van der Waals surface area contributed by atoms with Crippen LogP contribution in [0.2, 0.25) is 39.3 Å². The lowest BCUT2D eigenvalue weighted by Crippen LogP contribution is -2.72. The van der Waals surface area contributed by atoms with Crippen LogP contribution in [0, 0.1) is 22.2 Å². The molecular formula is C22H28Si4. The molecule has 0 amide bonds. The Morgan fingerprint density at radius 3 is 1.08 bits per heavy atom. The second-order valence-electron chi connectivity index (χ2n) is 8.73. The van der Waals surface area contributed by atoms with Gasteiger partial charge in [0.05, 0.1) is 0 Å². The van der Waals surface area contributed by atoms with Gasteiger partial charge in [-0.05, 0) is 10.4 Å². The summed E-state index contributed by atoms with van der Waals surface area (Å²) in [6.07, 6.45) is 0. The monoisotopic (exact) mass is 404 g/mol. The van der Waals surface area contributed by atoms with Crippen molar-refractivity contribution in [1.82, 2.24) is 0 Å². The zero-order valence-corrected chi connectivity index (χ0v) is 20.8. The van der Waals surface area contributed by atoms with Gasteiger partial charge in [-0.3, -0.25) is 0 Å². The van der Waals surface area contributed by atoms with Crippen molar-refractivity contribution in [3.63, 3.8) is 0 Å². The van der Waals surface area contributed by atoms with Gasteiger partial charge in [-0.25, -0.2) is 0 Å². The van der Waals surface area contributed by atoms with E-state index < -0.39 is 30.4 Å². The fraction of sp³-hybridized carbons (Fsp3) is 0.273. The van der Waals surface area contributed by atoms with E-state index in [0.717, 1.165) is 0 Å². The van der Waals surface area contributed by atoms with Gasteiger partial charge in [0, 0.05) is 0 Å². The van der Waals surface area contributed by atoms with Crippen molar-refractivity contribution < 1.29 is 0 Å². The quantitative estimate of drug-likeness (QED) is 0.529. The second-order valence-corrected chi connectivity index (χ2v) is 35.4. The summed E-state index contributed by atoms with van der Waals surface area (Å²) >= 11 is 0. The molecule has 1 aliphatic rings. The van der Waals surface area contributed by atoms with Crippen molar-refractivity contribution in [2.75, 3.05) is 0 Å². The molecule has 1 aliphatic heterocycles. The molecule has 3 rings (SSSR count). The van der Waals surface area contributed by atoms with E-state index >= 15 is 0 Å². The molecule has 132 valence electrons. The van der Waals surface area contributed by atoms with Crippen molar-refractivity contribution in [3.8, 4) is 22.2 Å². The molecule has 1 heterocycles. The van der Waals surface area contributed by atoms with Crippen molar-refractivity contribution in [3.05, 3.63) is 60.7 Å². The molecule has 0 spiro atoms. The van der Waals surface area contributed by atoms with Crippen LogP contribution in [0.5, 0.6) is 0 Å². The molecular weight excluding hydrogens is 377 g/mol. The Bertz CT molecular complexity index is 847. The zero-order valence-electron chi connectivity index (χ0n) is 16.8. The van der Waals surface area contributed by atoms with E-state index in [1.54, 1.807) is 0 Å². The maximum absolute atomic E-state index is 3.99. The highest BCUT2D eigenvalue weighted by Crippen LogP contribution is 2.24. The lowest BCUT2D eigenvalue weighted by Gasteiger charge is -2.40. The molecule has 2 atom stereocenters. The Kier molecular flexibility index (Phi) is 4.83. The summed E-state index contributed by atoms with van der Waals surface area (Å²) in [6, 6.07) is 22.1. The molecule has 0 saturated carbocycles. The van der Waals surface area contributed by atoms with E-state index in [2.05, 4.69) is 122 Å². The molecule has 0 N–H and O–H groups in total. The Morgan fingerprint density at radius 1 is 0.462 bits per heavy atom. The van der Waals surface area contributed by atoms with E-state index in [9.17, 15) is 0 Å². The number of hydrogen-bond acceptors (Lipinski definition) is 0. The van der Waals surface area contributed by atoms with Crippen LogP contribution in [0.3, 0.4) is 0 Å². The first-order chi connectivity index (χ1) is 12.1. The SMILES string of the molecule is C[Si]1(C)C#C[Si](C)(c2ccccc2)[Si](C)(c2ccccc2)C#C[Si]1(C)C. The summed E-state index contributed by atoms with van der Waals surface area (Å²) in [7, 11) is -7.41. The van der Waals surface area contributed by atoms with Gasteiger partial charge in [-0.2, -0.15) is 0 Å². The van der Waals surface area contributed by atoms with E-state index in [1.807, 2.05) is 0 Å². The maximum Gasteiger partial charge on any atom is 0.174 e. The first-order valence-electron chi connectivity index (χ1n) is 9.32. The van der Waals surface area contributed by atoms with Crippen molar-refractivity contribution in [1.29, 1.82) is 0 Å². The van der Waals surface area contributed by atoms with E-state index in [0.29, 0.717) is 0 Å². The van der Waals surface area contributed by atoms with Gasteiger partial charge in [-0.1, -0.05) is 99.9 Å². The van der Waals surface area contributed by atoms with Crippen LogP contribution >= 0.6 is 0 Å². The van der Waals surface area contributed by atoms with Gasteiger partial charge in [-0.15, -0.1) is 22.2 Å². The van der Waals surface area contributed by atoms with Crippen LogP contribution in [-0.4, -0.2) is 30.4 Å². The fourth-order valence-corrected chi connectivity index (χ4v) is 22.3. The fourth-order valence-electron chi connectivity index (χ4n) is 3.39. The molecule has 0 nitrogen and oxygen atoms in total. The molecule has 0 aliphatic carbocycles. The summed E-state index contributed by atoms with van der Waals surface area (Å²) in [5.41, 5.74) is 15.8. The van der Waals surface area contributed by atoms with Crippen LogP contribution in [-0.2, 0) is 0 Å². The maximum atomic E-state index is 3.99. The molecule has 0 radical (unpaired) electrons. The molecule has 2 unspecified atom stereocenters. The van der Waals surface area contributed by atoms with Gasteiger partial charge in [0.1, 0.15) is 15.2 Å². The average molecular weight is 405 g/mol. The number of hydrogen-bond donors (Lipinski definition) is 0. The highest BCUT2D eigenvalue weighted by Gasteiger charge is 2.52. The minimum Gasteiger partial charge on any atom is -0.140 e. The first kappa shape index (κ1) is 19.2. The Labute approximate surface area is 162 Å². The summed E-state index contributed by atoms with van der Waals surface area (Å²) in [4.78, 5) is 0. The van der Waals surface area contributed by atoms with Crippen LogP contribution < -0.4 is 10.4 Å². The summed E-state index contributed by atoms with van der Waals surface area (Å²) < 4.78 is 0. The van der Waals surface area contributed by atoms with Gasteiger partial charge in [0.25, 0.3) is 0 Å². The molecule has 0 bridgehead atoms. The van der Waals surface area contributed by atoms with E-state index in [4.69, 9.17) is 0 Å². The van der Waals surface area contributed by atoms with Gasteiger partial charge in [0.15, 0.2) is 15.2 Å². The average Bonchev–Trinajstić information content (AvgIpc) is 2.65. The summed E-state index contributed by atoms with van der Waals surface area (Å²) in [5.74, 6) is 0.